The molecule has 0 aliphatic carbocycles. The van der Waals surface area contributed by atoms with Crippen molar-refractivity contribution in [3.8, 4) is 0 Å². The van der Waals surface area contributed by atoms with Crippen molar-refractivity contribution in [2.45, 2.75) is 33.3 Å². The lowest BCUT2D eigenvalue weighted by molar-refractivity contribution is -0.157. The SMILES string of the molecule is Cc1ccc(C(C)(O)C(=O)O)c(C)c1C. The number of hydrogen-bond acceptors (Lipinski definition) is 2. The summed E-state index contributed by atoms with van der Waals surface area (Å²) in [6.45, 7) is 7.01. The third-order valence-electron chi connectivity index (χ3n) is 3.00. The summed E-state index contributed by atoms with van der Waals surface area (Å²) in [5, 5.41) is 18.8. The van der Waals surface area contributed by atoms with Gasteiger partial charge < -0.3 is 10.2 Å². The van der Waals surface area contributed by atoms with E-state index < -0.39 is 11.6 Å². The first-order chi connectivity index (χ1) is 6.78. The highest BCUT2D eigenvalue weighted by atomic mass is 16.4. The number of aliphatic hydroxyl groups is 1. The number of aryl methyl sites for hydroxylation is 1. The van der Waals surface area contributed by atoms with Crippen LogP contribution in [0.4, 0.5) is 0 Å². The Morgan fingerprint density at radius 3 is 2.20 bits per heavy atom. The Balaban J connectivity index is 3.40. The van der Waals surface area contributed by atoms with Gasteiger partial charge in [0.2, 0.25) is 0 Å². The molecule has 0 saturated heterocycles. The van der Waals surface area contributed by atoms with E-state index in [-0.39, 0.29) is 0 Å². The molecule has 3 heteroatoms. The molecule has 0 fully saturated rings. The van der Waals surface area contributed by atoms with Crippen LogP contribution in [-0.2, 0) is 10.4 Å². The molecule has 0 aliphatic heterocycles. The van der Waals surface area contributed by atoms with Gasteiger partial charge >= 0.3 is 5.97 Å². The number of carboxylic acid groups (broad SMARTS) is 1. The lowest BCUT2D eigenvalue weighted by atomic mass is 9.88. The van der Waals surface area contributed by atoms with Crippen LogP contribution in [0.2, 0.25) is 0 Å². The first-order valence-corrected chi connectivity index (χ1v) is 4.81. The Kier molecular flexibility index (Phi) is 2.86. The predicted octanol–water partition coefficient (Wildman–Crippen LogP) is 1.90. The second-order valence-electron chi connectivity index (χ2n) is 4.06. The molecule has 2 N–H and O–H groups in total. The minimum atomic E-state index is -1.82. The molecule has 1 rings (SSSR count). The number of rotatable bonds is 2. The zero-order valence-corrected chi connectivity index (χ0v) is 9.46. The molecule has 82 valence electrons. The van der Waals surface area contributed by atoms with E-state index in [0.717, 1.165) is 16.7 Å². The lowest BCUT2D eigenvalue weighted by Gasteiger charge is -2.22. The highest BCUT2D eigenvalue weighted by Gasteiger charge is 2.33. The number of benzene rings is 1. The summed E-state index contributed by atoms with van der Waals surface area (Å²) in [6.07, 6.45) is 0. The highest BCUT2D eigenvalue weighted by Crippen LogP contribution is 2.27. The zero-order chi connectivity index (χ0) is 11.8. The molecular formula is C12H16O3. The second-order valence-corrected chi connectivity index (χ2v) is 4.06. The number of carbonyl (C=O) groups is 1. The van der Waals surface area contributed by atoms with Gasteiger partial charge in [0, 0.05) is 0 Å². The topological polar surface area (TPSA) is 57.5 Å². The maximum atomic E-state index is 10.9. The third-order valence-corrected chi connectivity index (χ3v) is 3.00. The van der Waals surface area contributed by atoms with Gasteiger partial charge in [0.1, 0.15) is 0 Å². The average molecular weight is 208 g/mol. The maximum absolute atomic E-state index is 10.9. The molecule has 1 unspecified atom stereocenters. The minimum absolute atomic E-state index is 0.457. The molecular weight excluding hydrogens is 192 g/mol. The molecule has 1 aromatic rings. The molecule has 0 spiro atoms. The van der Waals surface area contributed by atoms with E-state index in [1.807, 2.05) is 26.8 Å². The first kappa shape index (κ1) is 11.7. The van der Waals surface area contributed by atoms with Crippen molar-refractivity contribution in [1.29, 1.82) is 0 Å². The monoisotopic (exact) mass is 208 g/mol. The van der Waals surface area contributed by atoms with Crippen LogP contribution in [0.5, 0.6) is 0 Å². The summed E-state index contributed by atoms with van der Waals surface area (Å²) in [6, 6.07) is 3.50. The van der Waals surface area contributed by atoms with E-state index in [2.05, 4.69) is 0 Å². The van der Waals surface area contributed by atoms with Gasteiger partial charge in [0.15, 0.2) is 5.60 Å². The van der Waals surface area contributed by atoms with Crippen LogP contribution in [0.3, 0.4) is 0 Å². The van der Waals surface area contributed by atoms with Gasteiger partial charge in [-0.05, 0) is 49.9 Å². The summed E-state index contributed by atoms with van der Waals surface area (Å²) in [5.41, 5.74) is 1.59. The van der Waals surface area contributed by atoms with Crippen molar-refractivity contribution in [2.75, 3.05) is 0 Å². The van der Waals surface area contributed by atoms with E-state index in [0.29, 0.717) is 5.56 Å². The van der Waals surface area contributed by atoms with Crippen molar-refractivity contribution in [2.24, 2.45) is 0 Å². The summed E-state index contributed by atoms with van der Waals surface area (Å²) < 4.78 is 0. The van der Waals surface area contributed by atoms with Crippen LogP contribution in [-0.4, -0.2) is 16.2 Å². The predicted molar refractivity (Wildman–Crippen MR) is 57.9 cm³/mol. The van der Waals surface area contributed by atoms with E-state index in [1.54, 1.807) is 6.07 Å². The largest absolute Gasteiger partial charge is 0.479 e. The van der Waals surface area contributed by atoms with Gasteiger partial charge in [0.05, 0.1) is 0 Å². The number of carboxylic acids is 1. The Morgan fingerprint density at radius 1 is 1.20 bits per heavy atom. The van der Waals surface area contributed by atoms with E-state index in [1.165, 1.54) is 6.92 Å². The Morgan fingerprint density at radius 2 is 1.73 bits per heavy atom. The van der Waals surface area contributed by atoms with Gasteiger partial charge in [-0.25, -0.2) is 4.79 Å². The van der Waals surface area contributed by atoms with Crippen molar-refractivity contribution < 1.29 is 15.0 Å². The fourth-order valence-corrected chi connectivity index (χ4v) is 1.60. The van der Waals surface area contributed by atoms with E-state index >= 15 is 0 Å². The highest BCUT2D eigenvalue weighted by molar-refractivity contribution is 5.79. The van der Waals surface area contributed by atoms with Crippen molar-refractivity contribution in [3.63, 3.8) is 0 Å². The minimum Gasteiger partial charge on any atom is -0.479 e. The molecule has 1 atom stereocenters. The van der Waals surface area contributed by atoms with Crippen molar-refractivity contribution >= 4 is 5.97 Å². The summed E-state index contributed by atoms with van der Waals surface area (Å²) in [4.78, 5) is 10.9. The molecule has 0 amide bonds. The number of hydrogen-bond donors (Lipinski definition) is 2. The normalized spacial score (nSPS) is 14.7. The summed E-state index contributed by atoms with van der Waals surface area (Å²) >= 11 is 0. The standard InChI is InChI=1S/C12H16O3/c1-7-5-6-10(9(3)8(7)2)12(4,15)11(13)14/h5-6,15H,1-4H3,(H,13,14). The van der Waals surface area contributed by atoms with Gasteiger partial charge in [0.25, 0.3) is 0 Å². The molecule has 1 aromatic carbocycles. The molecule has 3 nitrogen and oxygen atoms in total. The Labute approximate surface area is 89.4 Å². The van der Waals surface area contributed by atoms with Crippen LogP contribution >= 0.6 is 0 Å². The smallest absolute Gasteiger partial charge is 0.340 e. The quantitative estimate of drug-likeness (QED) is 0.780. The van der Waals surface area contributed by atoms with Crippen LogP contribution in [0, 0.1) is 20.8 Å². The van der Waals surface area contributed by atoms with Crippen molar-refractivity contribution in [1.82, 2.24) is 0 Å². The van der Waals surface area contributed by atoms with Crippen LogP contribution in [0.1, 0.15) is 29.2 Å². The zero-order valence-electron chi connectivity index (χ0n) is 9.46. The van der Waals surface area contributed by atoms with E-state index in [9.17, 15) is 9.90 Å². The molecule has 0 aromatic heterocycles. The van der Waals surface area contributed by atoms with Crippen LogP contribution in [0.15, 0.2) is 12.1 Å². The van der Waals surface area contributed by atoms with Crippen LogP contribution in [0.25, 0.3) is 0 Å². The Bertz CT molecular complexity index is 406. The van der Waals surface area contributed by atoms with Gasteiger partial charge in [-0.3, -0.25) is 0 Å². The maximum Gasteiger partial charge on any atom is 0.340 e. The van der Waals surface area contributed by atoms with Gasteiger partial charge in [-0.2, -0.15) is 0 Å². The summed E-state index contributed by atoms with van der Waals surface area (Å²) in [7, 11) is 0. The molecule has 0 radical (unpaired) electrons. The first-order valence-electron chi connectivity index (χ1n) is 4.81. The van der Waals surface area contributed by atoms with Crippen LogP contribution < -0.4 is 0 Å². The molecule has 0 bridgehead atoms. The average Bonchev–Trinajstić information content (AvgIpc) is 2.13. The van der Waals surface area contributed by atoms with Gasteiger partial charge in [-0.15, -0.1) is 0 Å². The lowest BCUT2D eigenvalue weighted by Crippen LogP contribution is -2.32. The fourth-order valence-electron chi connectivity index (χ4n) is 1.60. The fraction of sp³-hybridized carbons (Fsp3) is 0.417. The van der Waals surface area contributed by atoms with E-state index in [4.69, 9.17) is 5.11 Å². The third kappa shape index (κ3) is 1.88. The molecule has 0 saturated carbocycles. The molecule has 0 aliphatic rings. The second kappa shape index (κ2) is 3.66. The molecule has 15 heavy (non-hydrogen) atoms. The van der Waals surface area contributed by atoms with Gasteiger partial charge in [-0.1, -0.05) is 12.1 Å². The summed E-state index contributed by atoms with van der Waals surface area (Å²) in [5.74, 6) is -1.23. The number of aliphatic carboxylic acids is 1. The van der Waals surface area contributed by atoms with Crippen molar-refractivity contribution in [3.05, 3.63) is 34.4 Å². The Hall–Kier alpha value is -1.35. The molecule has 0 heterocycles.